The van der Waals surface area contributed by atoms with Crippen molar-refractivity contribution >= 4 is 39.5 Å². The van der Waals surface area contributed by atoms with Crippen LogP contribution in [0.25, 0.3) is 0 Å². The summed E-state index contributed by atoms with van der Waals surface area (Å²) in [5.74, 6) is 0. The topological polar surface area (TPSA) is 29.4 Å². The molecule has 0 aliphatic rings. The van der Waals surface area contributed by atoms with Crippen molar-refractivity contribution < 1.29 is 22.4 Å². The van der Waals surface area contributed by atoms with Gasteiger partial charge >= 0.3 is 11.7 Å². The summed E-state index contributed by atoms with van der Waals surface area (Å²) in [6, 6.07) is 3.60. The Morgan fingerprint density at radius 1 is 1.41 bits per heavy atom. The zero-order valence-electron chi connectivity index (χ0n) is 7.96. The van der Waals surface area contributed by atoms with Gasteiger partial charge in [-0.2, -0.15) is 13.8 Å². The van der Waals surface area contributed by atoms with Crippen LogP contribution in [0.2, 0.25) is 0 Å². The number of isocyanates is 1. The van der Waals surface area contributed by atoms with Gasteiger partial charge in [-0.1, -0.05) is 0 Å². The highest BCUT2D eigenvalue weighted by molar-refractivity contribution is 9.10. The number of carbonyl (C=O) groups excluding carboxylic acids is 1. The quantitative estimate of drug-likeness (QED) is 0.355. The molecule has 0 unspecified atom stereocenters. The van der Waals surface area contributed by atoms with Gasteiger partial charge in [0.25, 0.3) is 0 Å². The molecule has 0 N–H and O–H groups in total. The SMILES string of the molecule is O=C=Nc1ccc(SC(F)(F)C(F)F)cc1Br. The average Bonchev–Trinajstić information content (AvgIpc) is 2.21. The van der Waals surface area contributed by atoms with Gasteiger partial charge in [0.2, 0.25) is 6.08 Å². The number of nitrogens with zero attached hydrogens (tertiary/aromatic N) is 1. The third kappa shape index (κ3) is 3.83. The van der Waals surface area contributed by atoms with Crippen LogP contribution in [0.5, 0.6) is 0 Å². The summed E-state index contributed by atoms with van der Waals surface area (Å²) in [6.07, 6.45) is -2.47. The zero-order valence-corrected chi connectivity index (χ0v) is 10.4. The lowest BCUT2D eigenvalue weighted by Gasteiger charge is -2.14. The van der Waals surface area contributed by atoms with Crippen molar-refractivity contribution in [2.24, 2.45) is 4.99 Å². The van der Waals surface area contributed by atoms with Gasteiger partial charge in [0.1, 0.15) is 0 Å². The highest BCUT2D eigenvalue weighted by Crippen LogP contribution is 2.42. The van der Waals surface area contributed by atoms with Crippen molar-refractivity contribution in [1.82, 2.24) is 0 Å². The van der Waals surface area contributed by atoms with Crippen LogP contribution >= 0.6 is 27.7 Å². The first-order chi connectivity index (χ1) is 7.86. The molecule has 0 radical (unpaired) electrons. The van der Waals surface area contributed by atoms with Crippen molar-refractivity contribution in [3.05, 3.63) is 22.7 Å². The fraction of sp³-hybridized carbons (Fsp3) is 0.222. The predicted molar refractivity (Wildman–Crippen MR) is 58.7 cm³/mol. The van der Waals surface area contributed by atoms with Crippen LogP contribution in [0.4, 0.5) is 23.2 Å². The van der Waals surface area contributed by atoms with Crippen LogP contribution in [-0.4, -0.2) is 17.8 Å². The molecule has 92 valence electrons. The van der Waals surface area contributed by atoms with Gasteiger partial charge in [0, 0.05) is 9.37 Å². The number of hydrogen-bond acceptors (Lipinski definition) is 3. The number of rotatable bonds is 4. The van der Waals surface area contributed by atoms with Crippen LogP contribution in [0, 0.1) is 0 Å². The van der Waals surface area contributed by atoms with E-state index in [1.54, 1.807) is 0 Å². The zero-order chi connectivity index (χ0) is 13.1. The second-order valence-corrected chi connectivity index (χ2v) is 4.86. The normalized spacial score (nSPS) is 11.4. The second kappa shape index (κ2) is 5.66. The fourth-order valence-electron chi connectivity index (χ4n) is 0.893. The Morgan fingerprint density at radius 3 is 2.53 bits per heavy atom. The van der Waals surface area contributed by atoms with E-state index < -0.39 is 11.7 Å². The number of thioether (sulfide) groups is 1. The van der Waals surface area contributed by atoms with Crippen molar-refractivity contribution in [3.63, 3.8) is 0 Å². The minimum atomic E-state index is -4.16. The molecule has 0 saturated heterocycles. The van der Waals surface area contributed by atoms with Crippen LogP contribution in [-0.2, 0) is 4.79 Å². The summed E-state index contributed by atoms with van der Waals surface area (Å²) in [7, 11) is 0. The number of aliphatic imine (C=N–C) groups is 1. The number of hydrogen-bond donors (Lipinski definition) is 0. The highest BCUT2D eigenvalue weighted by atomic mass is 79.9. The molecule has 0 bridgehead atoms. The van der Waals surface area contributed by atoms with E-state index in [9.17, 15) is 22.4 Å². The smallest absolute Gasteiger partial charge is 0.211 e. The summed E-state index contributed by atoms with van der Waals surface area (Å²) in [5, 5.41) is -4.16. The summed E-state index contributed by atoms with van der Waals surface area (Å²) in [5.41, 5.74) is 0.185. The summed E-state index contributed by atoms with van der Waals surface area (Å²) in [6.45, 7) is 0. The van der Waals surface area contributed by atoms with Crippen LogP contribution < -0.4 is 0 Å². The Morgan fingerprint density at radius 2 is 2.06 bits per heavy atom. The molecular formula is C9H4BrF4NOS. The fourth-order valence-corrected chi connectivity index (χ4v) is 2.23. The van der Waals surface area contributed by atoms with E-state index in [1.165, 1.54) is 24.3 Å². The van der Waals surface area contributed by atoms with E-state index in [0.717, 1.165) is 0 Å². The van der Waals surface area contributed by atoms with Gasteiger partial charge in [-0.3, -0.25) is 0 Å². The van der Waals surface area contributed by atoms with Gasteiger partial charge < -0.3 is 0 Å². The van der Waals surface area contributed by atoms with E-state index in [1.807, 2.05) is 0 Å². The molecule has 0 fully saturated rings. The molecule has 0 aromatic heterocycles. The van der Waals surface area contributed by atoms with Crippen molar-refractivity contribution in [2.45, 2.75) is 16.6 Å². The Labute approximate surface area is 106 Å². The van der Waals surface area contributed by atoms with Crippen molar-refractivity contribution in [3.8, 4) is 0 Å². The van der Waals surface area contributed by atoms with Crippen molar-refractivity contribution in [1.29, 1.82) is 0 Å². The summed E-state index contributed by atoms with van der Waals surface area (Å²) >= 11 is 2.72. The molecular weight excluding hydrogens is 326 g/mol. The number of benzene rings is 1. The Kier molecular flexibility index (Phi) is 4.73. The van der Waals surface area contributed by atoms with Crippen molar-refractivity contribution in [2.75, 3.05) is 0 Å². The first-order valence-corrected chi connectivity index (χ1v) is 5.70. The van der Waals surface area contributed by atoms with E-state index in [4.69, 9.17) is 0 Å². The molecule has 0 spiro atoms. The molecule has 1 aromatic rings. The molecule has 8 heteroatoms. The van der Waals surface area contributed by atoms with Gasteiger partial charge in [0.05, 0.1) is 5.69 Å². The molecule has 0 heterocycles. The lowest BCUT2D eigenvalue weighted by Crippen LogP contribution is -2.21. The molecule has 1 aromatic carbocycles. The lowest BCUT2D eigenvalue weighted by atomic mass is 10.3. The van der Waals surface area contributed by atoms with Gasteiger partial charge in [-0.25, -0.2) is 13.6 Å². The second-order valence-electron chi connectivity index (χ2n) is 2.78. The number of alkyl halides is 4. The van der Waals surface area contributed by atoms with E-state index in [0.29, 0.717) is 0 Å². The maximum Gasteiger partial charge on any atom is 0.357 e. The largest absolute Gasteiger partial charge is 0.357 e. The van der Waals surface area contributed by atoms with Crippen LogP contribution in [0.3, 0.4) is 0 Å². The number of halogens is 5. The predicted octanol–water partition coefficient (Wildman–Crippen LogP) is 4.37. The first-order valence-electron chi connectivity index (χ1n) is 4.09. The molecule has 0 saturated carbocycles. The van der Waals surface area contributed by atoms with E-state index in [-0.39, 0.29) is 26.8 Å². The van der Waals surface area contributed by atoms with Gasteiger partial charge in [-0.15, -0.1) is 0 Å². The molecule has 2 nitrogen and oxygen atoms in total. The first kappa shape index (κ1) is 14.2. The molecule has 0 amide bonds. The van der Waals surface area contributed by atoms with Gasteiger partial charge in [-0.05, 0) is 45.9 Å². The maximum absolute atomic E-state index is 12.7. The third-order valence-corrected chi connectivity index (χ3v) is 3.17. The van der Waals surface area contributed by atoms with Gasteiger partial charge in [0.15, 0.2) is 0 Å². The van der Waals surface area contributed by atoms with Crippen LogP contribution in [0.1, 0.15) is 0 Å². The minimum Gasteiger partial charge on any atom is -0.211 e. The monoisotopic (exact) mass is 329 g/mol. The average molecular weight is 330 g/mol. The Hall–Kier alpha value is -0.850. The minimum absolute atomic E-state index is 0.0629. The van der Waals surface area contributed by atoms with Crippen LogP contribution in [0.15, 0.2) is 32.6 Å². The summed E-state index contributed by atoms with van der Waals surface area (Å²) < 4.78 is 49.6. The third-order valence-electron chi connectivity index (χ3n) is 1.59. The highest BCUT2D eigenvalue weighted by Gasteiger charge is 2.41. The maximum atomic E-state index is 12.7. The Balaban J connectivity index is 2.95. The van der Waals surface area contributed by atoms with E-state index in [2.05, 4.69) is 20.9 Å². The molecule has 17 heavy (non-hydrogen) atoms. The molecule has 1 rings (SSSR count). The summed E-state index contributed by atoms with van der Waals surface area (Å²) in [4.78, 5) is 13.2. The standard InChI is InChI=1S/C9H4BrF4NOS/c10-6-3-5(1-2-7(6)15-4-16)17-9(13,14)8(11)12/h1-3,8H. The Bertz CT molecular complexity index is 462. The van der Waals surface area contributed by atoms with E-state index >= 15 is 0 Å². The molecule has 0 aliphatic carbocycles. The lowest BCUT2D eigenvalue weighted by molar-refractivity contribution is -0.0563. The molecule has 0 aliphatic heterocycles. The molecule has 0 atom stereocenters.